The Morgan fingerprint density at radius 2 is 1.70 bits per heavy atom. The zero-order chi connectivity index (χ0) is 18.8. The molecule has 0 radical (unpaired) electrons. The van der Waals surface area contributed by atoms with Gasteiger partial charge in [-0.3, -0.25) is 19.7 Å². The SMILES string of the molecule is O=C1[C@@H]2[C@H](CO)N[C@@]3(Cc4ccccc4C3=O)[C@@H]2C(=O)N1c1ccccc1. The zero-order valence-corrected chi connectivity index (χ0v) is 14.5. The van der Waals surface area contributed by atoms with Crippen molar-refractivity contribution < 1.29 is 19.5 Å². The minimum Gasteiger partial charge on any atom is -0.395 e. The second kappa shape index (κ2) is 5.58. The van der Waals surface area contributed by atoms with Crippen LogP contribution in [-0.4, -0.2) is 40.9 Å². The number of carbonyl (C=O) groups excluding carboxylic acids is 3. The maximum absolute atomic E-state index is 13.3. The average Bonchev–Trinajstić information content (AvgIpc) is 3.27. The van der Waals surface area contributed by atoms with E-state index in [9.17, 15) is 19.5 Å². The standard InChI is InChI=1S/C21H18N2O4/c24-11-15-16-17(20(27)23(19(16)26)13-7-2-1-3-8-13)21(22-15)10-12-6-4-5-9-14(12)18(21)25/h1-9,15-17,22,24H,10-11H2/t15-,16+,17-,21-/m0/s1. The fraction of sp³-hybridized carbons (Fsp3) is 0.286. The summed E-state index contributed by atoms with van der Waals surface area (Å²) in [5.74, 6) is -2.47. The van der Waals surface area contributed by atoms with Crippen molar-refractivity contribution in [2.75, 3.05) is 11.5 Å². The highest BCUT2D eigenvalue weighted by Gasteiger charge is 2.69. The number of ketones is 1. The number of fused-ring (bicyclic) bond motifs is 3. The average molecular weight is 362 g/mol. The number of amides is 2. The molecule has 2 amide bonds. The molecular formula is C21H18N2O4. The highest BCUT2D eigenvalue weighted by molar-refractivity contribution is 6.26. The van der Waals surface area contributed by atoms with Crippen LogP contribution < -0.4 is 10.2 Å². The molecule has 1 spiro atoms. The van der Waals surface area contributed by atoms with Crippen LogP contribution in [0.1, 0.15) is 15.9 Å². The van der Waals surface area contributed by atoms with E-state index in [0.29, 0.717) is 17.7 Å². The molecule has 0 unspecified atom stereocenters. The quantitative estimate of drug-likeness (QED) is 0.777. The number of nitrogens with one attached hydrogen (secondary N) is 1. The van der Waals surface area contributed by atoms with Crippen LogP contribution in [0.4, 0.5) is 5.69 Å². The number of imide groups is 1. The lowest BCUT2D eigenvalue weighted by Crippen LogP contribution is -2.56. The molecule has 2 saturated heterocycles. The van der Waals surface area contributed by atoms with E-state index in [1.54, 1.807) is 36.4 Å². The van der Waals surface area contributed by atoms with Gasteiger partial charge in [0.05, 0.1) is 29.7 Å². The Bertz CT molecular complexity index is 973. The molecule has 27 heavy (non-hydrogen) atoms. The third-order valence-electron chi connectivity index (χ3n) is 6.11. The van der Waals surface area contributed by atoms with E-state index in [2.05, 4.69) is 5.32 Å². The number of rotatable bonds is 2. The molecule has 0 saturated carbocycles. The van der Waals surface area contributed by atoms with Gasteiger partial charge in [-0.25, -0.2) is 4.90 Å². The smallest absolute Gasteiger partial charge is 0.240 e. The summed E-state index contributed by atoms with van der Waals surface area (Å²) in [6.45, 7) is -0.311. The van der Waals surface area contributed by atoms with Crippen molar-refractivity contribution in [3.63, 3.8) is 0 Å². The van der Waals surface area contributed by atoms with Gasteiger partial charge in [0, 0.05) is 11.6 Å². The summed E-state index contributed by atoms with van der Waals surface area (Å²) in [7, 11) is 0. The first kappa shape index (κ1) is 16.4. The minimum atomic E-state index is -1.17. The second-order valence-corrected chi connectivity index (χ2v) is 7.42. The van der Waals surface area contributed by atoms with Crippen molar-refractivity contribution in [3.8, 4) is 0 Å². The second-order valence-electron chi connectivity index (χ2n) is 7.42. The largest absolute Gasteiger partial charge is 0.395 e. The van der Waals surface area contributed by atoms with Crippen molar-refractivity contribution in [3.05, 3.63) is 65.7 Å². The Morgan fingerprint density at radius 3 is 2.41 bits per heavy atom. The number of aliphatic hydroxyl groups is 1. The maximum Gasteiger partial charge on any atom is 0.240 e. The van der Waals surface area contributed by atoms with Gasteiger partial charge < -0.3 is 5.11 Å². The fourth-order valence-electron chi connectivity index (χ4n) is 5.00. The van der Waals surface area contributed by atoms with E-state index < -0.39 is 23.4 Å². The molecule has 136 valence electrons. The molecule has 2 aromatic carbocycles. The highest BCUT2D eigenvalue weighted by atomic mass is 16.3. The van der Waals surface area contributed by atoms with Crippen molar-refractivity contribution >= 4 is 23.3 Å². The summed E-state index contributed by atoms with van der Waals surface area (Å²) in [6, 6.07) is 15.4. The number of nitrogens with zero attached hydrogens (tertiary/aromatic N) is 1. The first-order valence-electron chi connectivity index (χ1n) is 9.02. The summed E-state index contributed by atoms with van der Waals surface area (Å²) in [5.41, 5.74) is 0.779. The van der Waals surface area contributed by atoms with Crippen LogP contribution >= 0.6 is 0 Å². The lowest BCUT2D eigenvalue weighted by Gasteiger charge is -2.29. The van der Waals surface area contributed by atoms with Crippen LogP contribution in [0, 0.1) is 11.8 Å². The summed E-state index contributed by atoms with van der Waals surface area (Å²) in [5, 5.41) is 13.0. The molecule has 0 aromatic heterocycles. The van der Waals surface area contributed by atoms with E-state index in [4.69, 9.17) is 0 Å². The number of carbonyl (C=O) groups is 3. The van der Waals surface area contributed by atoms with Gasteiger partial charge in [-0.1, -0.05) is 42.5 Å². The van der Waals surface area contributed by atoms with Gasteiger partial charge in [0.2, 0.25) is 11.8 Å². The molecule has 6 heteroatoms. The van der Waals surface area contributed by atoms with Crippen molar-refractivity contribution in [1.82, 2.24) is 5.32 Å². The van der Waals surface area contributed by atoms with Crippen LogP contribution in [0.2, 0.25) is 0 Å². The number of hydrogen-bond acceptors (Lipinski definition) is 5. The number of para-hydroxylation sites is 1. The molecule has 2 N–H and O–H groups in total. The molecule has 4 atom stereocenters. The molecule has 6 nitrogen and oxygen atoms in total. The van der Waals surface area contributed by atoms with Gasteiger partial charge in [-0.05, 0) is 24.1 Å². The van der Waals surface area contributed by atoms with E-state index in [1.807, 2.05) is 18.2 Å². The van der Waals surface area contributed by atoms with Gasteiger partial charge in [-0.15, -0.1) is 0 Å². The third kappa shape index (κ3) is 1.99. The van der Waals surface area contributed by atoms with E-state index in [1.165, 1.54) is 4.90 Å². The number of aliphatic hydroxyl groups excluding tert-OH is 1. The van der Waals surface area contributed by atoms with Crippen LogP contribution in [0.25, 0.3) is 0 Å². The number of benzene rings is 2. The Kier molecular flexibility index (Phi) is 3.38. The predicted molar refractivity (Wildman–Crippen MR) is 97.1 cm³/mol. The normalized spacial score (nSPS) is 31.7. The number of anilines is 1. The first-order valence-corrected chi connectivity index (χ1v) is 9.02. The van der Waals surface area contributed by atoms with Crippen LogP contribution in [-0.2, 0) is 16.0 Å². The monoisotopic (exact) mass is 362 g/mol. The summed E-state index contributed by atoms with van der Waals surface area (Å²) < 4.78 is 0. The van der Waals surface area contributed by atoms with Gasteiger partial charge in [0.1, 0.15) is 0 Å². The Labute approximate surface area is 155 Å². The van der Waals surface area contributed by atoms with Crippen LogP contribution in [0.3, 0.4) is 0 Å². The summed E-state index contributed by atoms with van der Waals surface area (Å²) in [4.78, 5) is 40.9. The fourth-order valence-corrected chi connectivity index (χ4v) is 5.00. The highest BCUT2D eigenvalue weighted by Crippen LogP contribution is 2.49. The Morgan fingerprint density at radius 1 is 1.00 bits per heavy atom. The predicted octanol–water partition coefficient (Wildman–Crippen LogP) is 0.934. The molecular weight excluding hydrogens is 344 g/mol. The van der Waals surface area contributed by atoms with Crippen molar-refractivity contribution in [2.24, 2.45) is 11.8 Å². The molecule has 1 aliphatic carbocycles. The van der Waals surface area contributed by atoms with E-state index in [-0.39, 0.29) is 24.2 Å². The molecule has 5 rings (SSSR count). The maximum atomic E-state index is 13.3. The third-order valence-corrected chi connectivity index (χ3v) is 6.11. The zero-order valence-electron chi connectivity index (χ0n) is 14.5. The summed E-state index contributed by atoms with van der Waals surface area (Å²) >= 11 is 0. The minimum absolute atomic E-state index is 0.167. The van der Waals surface area contributed by atoms with E-state index >= 15 is 0 Å². The van der Waals surface area contributed by atoms with Gasteiger partial charge in [-0.2, -0.15) is 0 Å². The van der Waals surface area contributed by atoms with Gasteiger partial charge in [0.25, 0.3) is 0 Å². The molecule has 2 fully saturated rings. The topological polar surface area (TPSA) is 86.7 Å². The van der Waals surface area contributed by atoms with Crippen molar-refractivity contribution in [1.29, 1.82) is 0 Å². The van der Waals surface area contributed by atoms with E-state index in [0.717, 1.165) is 5.56 Å². The summed E-state index contributed by atoms with van der Waals surface area (Å²) in [6.07, 6.45) is 0.349. The number of Topliss-reactive ketones (excluding diaryl/α,β-unsaturated/α-hetero) is 1. The van der Waals surface area contributed by atoms with Crippen molar-refractivity contribution in [2.45, 2.75) is 18.0 Å². The molecule has 0 bridgehead atoms. The van der Waals surface area contributed by atoms with Crippen LogP contribution in [0.15, 0.2) is 54.6 Å². The lowest BCUT2D eigenvalue weighted by atomic mass is 9.77. The Hall–Kier alpha value is -2.83. The first-order chi connectivity index (χ1) is 13.1. The van der Waals surface area contributed by atoms with Crippen LogP contribution in [0.5, 0.6) is 0 Å². The lowest BCUT2D eigenvalue weighted by molar-refractivity contribution is -0.123. The molecule has 3 aliphatic rings. The Balaban J connectivity index is 1.63. The number of hydrogen-bond donors (Lipinski definition) is 2. The molecule has 2 aromatic rings. The molecule has 2 aliphatic heterocycles. The van der Waals surface area contributed by atoms with Gasteiger partial charge >= 0.3 is 0 Å². The van der Waals surface area contributed by atoms with Gasteiger partial charge in [0.15, 0.2) is 5.78 Å². The molecule has 2 heterocycles.